The van der Waals surface area contributed by atoms with Gasteiger partial charge in [-0.15, -0.1) is 0 Å². The average Bonchev–Trinajstić information content (AvgIpc) is 3.14. The molecule has 1 N–H and O–H groups in total. The number of benzene rings is 1. The molecule has 0 spiro atoms. The Morgan fingerprint density at radius 1 is 1.24 bits per heavy atom. The zero-order valence-electron chi connectivity index (χ0n) is 13.7. The standard InChI is InChI=1S/C18H16ClN3O3/c1-11-5-7-12(8-6-11)16-21-15(18(23)24-2)14(19)17(22-16)20-10-13-4-3-9-25-13/h3-9H,10H2,1-2H3,(H,20,21,22). The van der Waals surface area contributed by atoms with E-state index in [2.05, 4.69) is 15.3 Å². The van der Waals surface area contributed by atoms with Gasteiger partial charge in [0.05, 0.1) is 19.9 Å². The molecule has 128 valence electrons. The number of aromatic nitrogens is 2. The Morgan fingerprint density at radius 2 is 2.00 bits per heavy atom. The third-order valence-corrected chi connectivity index (χ3v) is 3.91. The summed E-state index contributed by atoms with van der Waals surface area (Å²) in [7, 11) is 1.28. The molecule has 0 unspecified atom stereocenters. The highest BCUT2D eigenvalue weighted by Gasteiger charge is 2.20. The summed E-state index contributed by atoms with van der Waals surface area (Å²) in [6.45, 7) is 2.36. The highest BCUT2D eigenvalue weighted by molar-refractivity contribution is 6.35. The lowest BCUT2D eigenvalue weighted by Crippen LogP contribution is -2.11. The van der Waals surface area contributed by atoms with Crippen molar-refractivity contribution in [3.05, 3.63) is 64.7 Å². The Kier molecular flexibility index (Phi) is 5.00. The van der Waals surface area contributed by atoms with Crippen molar-refractivity contribution in [2.24, 2.45) is 0 Å². The van der Waals surface area contributed by atoms with Crippen molar-refractivity contribution in [2.45, 2.75) is 13.5 Å². The van der Waals surface area contributed by atoms with Crippen LogP contribution < -0.4 is 5.32 Å². The molecule has 0 radical (unpaired) electrons. The van der Waals surface area contributed by atoms with Gasteiger partial charge in [0.2, 0.25) is 0 Å². The molecule has 0 fully saturated rings. The molecular weight excluding hydrogens is 342 g/mol. The van der Waals surface area contributed by atoms with Crippen LogP contribution in [0.2, 0.25) is 5.02 Å². The molecule has 0 amide bonds. The second kappa shape index (κ2) is 7.36. The van der Waals surface area contributed by atoms with Crippen LogP contribution >= 0.6 is 11.6 Å². The Balaban J connectivity index is 2.01. The van der Waals surface area contributed by atoms with Crippen LogP contribution in [-0.2, 0) is 11.3 Å². The average molecular weight is 358 g/mol. The van der Waals surface area contributed by atoms with E-state index < -0.39 is 5.97 Å². The number of carbonyl (C=O) groups is 1. The van der Waals surface area contributed by atoms with Gasteiger partial charge < -0.3 is 14.5 Å². The van der Waals surface area contributed by atoms with Gasteiger partial charge in [-0.2, -0.15) is 0 Å². The summed E-state index contributed by atoms with van der Waals surface area (Å²) in [4.78, 5) is 20.7. The number of methoxy groups -OCH3 is 1. The number of hydrogen-bond acceptors (Lipinski definition) is 6. The van der Waals surface area contributed by atoms with E-state index in [1.807, 2.05) is 37.3 Å². The van der Waals surface area contributed by atoms with Crippen LogP contribution in [0.1, 0.15) is 21.8 Å². The number of carbonyl (C=O) groups excluding carboxylic acids is 1. The van der Waals surface area contributed by atoms with Crippen molar-refractivity contribution >= 4 is 23.4 Å². The van der Waals surface area contributed by atoms with Gasteiger partial charge >= 0.3 is 5.97 Å². The molecule has 3 aromatic rings. The molecule has 2 heterocycles. The second-order valence-corrected chi connectivity index (χ2v) is 5.73. The van der Waals surface area contributed by atoms with Gasteiger partial charge in [0.15, 0.2) is 11.5 Å². The predicted octanol–water partition coefficient (Wildman–Crippen LogP) is 4.10. The van der Waals surface area contributed by atoms with Crippen LogP contribution in [0.25, 0.3) is 11.4 Å². The van der Waals surface area contributed by atoms with Crippen LogP contribution in [0.4, 0.5) is 5.82 Å². The molecule has 0 aliphatic carbocycles. The predicted molar refractivity (Wildman–Crippen MR) is 94.6 cm³/mol. The van der Waals surface area contributed by atoms with Gasteiger partial charge in [0, 0.05) is 5.56 Å². The minimum Gasteiger partial charge on any atom is -0.467 e. The van der Waals surface area contributed by atoms with Gasteiger partial charge in [-0.05, 0) is 19.1 Å². The SMILES string of the molecule is COC(=O)c1nc(-c2ccc(C)cc2)nc(NCc2ccco2)c1Cl. The summed E-state index contributed by atoms with van der Waals surface area (Å²) < 4.78 is 10.1. The molecule has 7 heteroatoms. The molecule has 0 saturated carbocycles. The Labute approximate surface area is 149 Å². The first-order valence-corrected chi connectivity index (χ1v) is 7.95. The quantitative estimate of drug-likeness (QED) is 0.693. The molecule has 0 saturated heterocycles. The summed E-state index contributed by atoms with van der Waals surface area (Å²) in [6, 6.07) is 11.3. The summed E-state index contributed by atoms with van der Waals surface area (Å²) in [5, 5.41) is 3.18. The van der Waals surface area contributed by atoms with Gasteiger partial charge in [-0.3, -0.25) is 0 Å². The maximum Gasteiger partial charge on any atom is 0.358 e. The van der Waals surface area contributed by atoms with E-state index in [1.165, 1.54) is 7.11 Å². The van der Waals surface area contributed by atoms with Crippen molar-refractivity contribution in [1.82, 2.24) is 9.97 Å². The largest absolute Gasteiger partial charge is 0.467 e. The third-order valence-electron chi connectivity index (χ3n) is 3.55. The van der Waals surface area contributed by atoms with Crippen molar-refractivity contribution in [3.8, 4) is 11.4 Å². The summed E-state index contributed by atoms with van der Waals surface area (Å²) >= 11 is 6.29. The van der Waals surface area contributed by atoms with E-state index in [9.17, 15) is 4.79 Å². The maximum absolute atomic E-state index is 12.0. The number of nitrogens with zero attached hydrogens (tertiary/aromatic N) is 2. The fraction of sp³-hybridized carbons (Fsp3) is 0.167. The number of rotatable bonds is 5. The Hall–Kier alpha value is -2.86. The summed E-state index contributed by atoms with van der Waals surface area (Å²) in [5.41, 5.74) is 1.90. The van der Waals surface area contributed by atoms with E-state index in [0.29, 0.717) is 23.9 Å². The third kappa shape index (κ3) is 3.80. The minimum absolute atomic E-state index is 0.0108. The molecule has 6 nitrogen and oxygen atoms in total. The highest BCUT2D eigenvalue weighted by Crippen LogP contribution is 2.28. The monoisotopic (exact) mass is 357 g/mol. The number of halogens is 1. The first-order chi connectivity index (χ1) is 12.1. The van der Waals surface area contributed by atoms with E-state index in [0.717, 1.165) is 11.1 Å². The first kappa shape index (κ1) is 17.0. The number of nitrogens with one attached hydrogen (secondary N) is 1. The first-order valence-electron chi connectivity index (χ1n) is 7.57. The smallest absolute Gasteiger partial charge is 0.358 e. The van der Waals surface area contributed by atoms with Crippen LogP contribution in [0, 0.1) is 6.92 Å². The lowest BCUT2D eigenvalue weighted by atomic mass is 10.1. The zero-order valence-corrected chi connectivity index (χ0v) is 14.5. The molecule has 0 aliphatic rings. The molecule has 2 aromatic heterocycles. The van der Waals surface area contributed by atoms with Gasteiger partial charge in [-0.1, -0.05) is 41.4 Å². The highest BCUT2D eigenvalue weighted by atomic mass is 35.5. The van der Waals surface area contributed by atoms with E-state index in [4.69, 9.17) is 20.8 Å². The summed E-state index contributed by atoms with van der Waals surface area (Å²) in [6.07, 6.45) is 1.58. The lowest BCUT2D eigenvalue weighted by Gasteiger charge is -2.11. The number of aryl methyl sites for hydroxylation is 1. The summed E-state index contributed by atoms with van der Waals surface area (Å²) in [5.74, 6) is 0.809. The van der Waals surface area contributed by atoms with Crippen LogP contribution in [0.15, 0.2) is 47.1 Å². The van der Waals surface area contributed by atoms with Crippen LogP contribution in [0.5, 0.6) is 0 Å². The van der Waals surface area contributed by atoms with Crippen molar-refractivity contribution < 1.29 is 13.9 Å². The van der Waals surface area contributed by atoms with E-state index in [-0.39, 0.29) is 10.7 Å². The molecule has 25 heavy (non-hydrogen) atoms. The Bertz CT molecular complexity index is 877. The van der Waals surface area contributed by atoms with Gasteiger partial charge in [0.1, 0.15) is 16.6 Å². The fourth-order valence-corrected chi connectivity index (χ4v) is 2.44. The molecule has 3 rings (SSSR count). The Morgan fingerprint density at radius 3 is 2.64 bits per heavy atom. The minimum atomic E-state index is -0.623. The second-order valence-electron chi connectivity index (χ2n) is 5.35. The van der Waals surface area contributed by atoms with E-state index in [1.54, 1.807) is 12.3 Å². The number of anilines is 1. The van der Waals surface area contributed by atoms with Crippen molar-refractivity contribution in [1.29, 1.82) is 0 Å². The maximum atomic E-state index is 12.0. The topological polar surface area (TPSA) is 77.2 Å². The number of furan rings is 1. The van der Waals surface area contributed by atoms with E-state index >= 15 is 0 Å². The van der Waals surface area contributed by atoms with Crippen molar-refractivity contribution in [2.75, 3.05) is 12.4 Å². The van der Waals surface area contributed by atoms with Gasteiger partial charge in [0.25, 0.3) is 0 Å². The van der Waals surface area contributed by atoms with Crippen LogP contribution in [0.3, 0.4) is 0 Å². The zero-order chi connectivity index (χ0) is 17.8. The lowest BCUT2D eigenvalue weighted by molar-refractivity contribution is 0.0594. The van der Waals surface area contributed by atoms with Crippen molar-refractivity contribution in [3.63, 3.8) is 0 Å². The molecule has 0 aliphatic heterocycles. The fourth-order valence-electron chi connectivity index (χ4n) is 2.21. The van der Waals surface area contributed by atoms with Crippen LogP contribution in [-0.4, -0.2) is 23.0 Å². The normalized spacial score (nSPS) is 10.5. The molecule has 0 atom stereocenters. The molecular formula is C18H16ClN3O3. The molecule has 1 aromatic carbocycles. The van der Waals surface area contributed by atoms with Gasteiger partial charge in [-0.25, -0.2) is 14.8 Å². The molecule has 0 bridgehead atoms. The number of hydrogen-bond donors (Lipinski definition) is 1. The number of ether oxygens (including phenoxy) is 1. The number of esters is 1.